The van der Waals surface area contributed by atoms with Crippen molar-refractivity contribution in [2.75, 3.05) is 6.26 Å². The van der Waals surface area contributed by atoms with E-state index in [0.717, 1.165) is 11.1 Å². The number of hydrogen-bond donors (Lipinski definition) is 1. The van der Waals surface area contributed by atoms with Gasteiger partial charge in [0.1, 0.15) is 0 Å². The first-order valence-electron chi connectivity index (χ1n) is 5.30. The van der Waals surface area contributed by atoms with Crippen LogP contribution in [0.3, 0.4) is 0 Å². The lowest BCUT2D eigenvalue weighted by Gasteiger charge is -2.18. The van der Waals surface area contributed by atoms with E-state index in [0.29, 0.717) is 6.42 Å². The van der Waals surface area contributed by atoms with E-state index in [1.807, 2.05) is 31.2 Å². The number of aryl methyl sites for hydroxylation is 1. The van der Waals surface area contributed by atoms with E-state index in [9.17, 15) is 8.42 Å². The fraction of sp³-hybridized carbons (Fsp3) is 0.500. The second kappa shape index (κ2) is 4.97. The van der Waals surface area contributed by atoms with Crippen molar-refractivity contribution in [1.82, 2.24) is 0 Å². The summed E-state index contributed by atoms with van der Waals surface area (Å²) in [5.41, 5.74) is 8.16. The highest BCUT2D eigenvalue weighted by Crippen LogP contribution is 2.11. The Morgan fingerprint density at radius 3 is 2.50 bits per heavy atom. The van der Waals surface area contributed by atoms with E-state index in [1.54, 1.807) is 6.92 Å². The quantitative estimate of drug-likeness (QED) is 0.864. The molecule has 0 aromatic heterocycles. The second-order valence-electron chi connectivity index (χ2n) is 4.39. The summed E-state index contributed by atoms with van der Waals surface area (Å²) in [6.45, 7) is 3.67. The van der Waals surface area contributed by atoms with Crippen LogP contribution in [0, 0.1) is 6.92 Å². The van der Waals surface area contributed by atoms with Crippen LogP contribution in [0.5, 0.6) is 0 Å². The van der Waals surface area contributed by atoms with Gasteiger partial charge in [0.15, 0.2) is 9.84 Å². The molecular formula is C12H19NO2S. The van der Waals surface area contributed by atoms with Gasteiger partial charge in [-0.2, -0.15) is 0 Å². The van der Waals surface area contributed by atoms with E-state index < -0.39 is 15.1 Å². The van der Waals surface area contributed by atoms with Crippen molar-refractivity contribution in [2.45, 2.75) is 31.6 Å². The van der Waals surface area contributed by atoms with Gasteiger partial charge in [0, 0.05) is 12.3 Å². The van der Waals surface area contributed by atoms with Gasteiger partial charge in [-0.1, -0.05) is 29.8 Å². The van der Waals surface area contributed by atoms with Gasteiger partial charge in [0.2, 0.25) is 0 Å². The molecule has 0 bridgehead atoms. The minimum absolute atomic E-state index is 0.350. The van der Waals surface area contributed by atoms with Crippen molar-refractivity contribution in [1.29, 1.82) is 0 Å². The highest BCUT2D eigenvalue weighted by molar-refractivity contribution is 7.91. The Kier molecular flexibility index (Phi) is 4.10. The minimum Gasteiger partial charge on any atom is -0.326 e. The molecule has 1 aromatic carbocycles. The lowest BCUT2D eigenvalue weighted by molar-refractivity contribution is 0.562. The average Bonchev–Trinajstić information content (AvgIpc) is 2.15. The van der Waals surface area contributed by atoms with E-state index in [4.69, 9.17) is 5.73 Å². The molecule has 16 heavy (non-hydrogen) atoms. The first-order chi connectivity index (χ1) is 7.30. The van der Waals surface area contributed by atoms with E-state index in [1.165, 1.54) is 6.26 Å². The van der Waals surface area contributed by atoms with Crippen molar-refractivity contribution < 1.29 is 8.42 Å². The Hall–Kier alpha value is -0.870. The molecule has 0 saturated heterocycles. The van der Waals surface area contributed by atoms with Gasteiger partial charge in [0.05, 0.1) is 5.25 Å². The number of hydrogen-bond acceptors (Lipinski definition) is 3. The largest absolute Gasteiger partial charge is 0.326 e. The van der Waals surface area contributed by atoms with Gasteiger partial charge in [-0.25, -0.2) is 8.42 Å². The molecule has 2 N–H and O–H groups in total. The van der Waals surface area contributed by atoms with Crippen LogP contribution in [-0.2, 0) is 16.3 Å². The molecule has 0 fully saturated rings. The predicted octanol–water partition coefficient (Wildman–Crippen LogP) is 1.30. The molecule has 0 heterocycles. The van der Waals surface area contributed by atoms with E-state index in [2.05, 4.69) is 0 Å². The molecule has 0 radical (unpaired) electrons. The molecule has 2 unspecified atom stereocenters. The fourth-order valence-electron chi connectivity index (χ4n) is 1.59. The Morgan fingerprint density at radius 1 is 1.38 bits per heavy atom. The summed E-state index contributed by atoms with van der Waals surface area (Å²) in [7, 11) is -3.06. The van der Waals surface area contributed by atoms with Crippen molar-refractivity contribution in [3.8, 4) is 0 Å². The minimum atomic E-state index is -3.06. The summed E-state index contributed by atoms with van der Waals surface area (Å²) in [5.74, 6) is 0. The molecule has 0 spiro atoms. The number of rotatable bonds is 4. The fourth-order valence-corrected chi connectivity index (χ4v) is 2.33. The van der Waals surface area contributed by atoms with Crippen LogP contribution in [0.2, 0.25) is 0 Å². The molecule has 4 heteroatoms. The zero-order valence-corrected chi connectivity index (χ0v) is 10.8. The molecule has 1 rings (SSSR count). The van der Waals surface area contributed by atoms with Crippen LogP contribution in [0.1, 0.15) is 18.1 Å². The zero-order valence-electron chi connectivity index (χ0n) is 9.97. The van der Waals surface area contributed by atoms with Crippen LogP contribution in [0.15, 0.2) is 24.3 Å². The van der Waals surface area contributed by atoms with Crippen LogP contribution in [0.25, 0.3) is 0 Å². The molecule has 90 valence electrons. The summed E-state index contributed by atoms with van der Waals surface area (Å²) in [5, 5.41) is -0.506. The van der Waals surface area contributed by atoms with Crippen molar-refractivity contribution in [3.63, 3.8) is 0 Å². The first-order valence-corrected chi connectivity index (χ1v) is 7.26. The SMILES string of the molecule is Cc1cccc(CC(N)C(C)S(C)(=O)=O)c1. The topological polar surface area (TPSA) is 60.2 Å². The highest BCUT2D eigenvalue weighted by atomic mass is 32.2. The van der Waals surface area contributed by atoms with Crippen molar-refractivity contribution >= 4 is 9.84 Å². The maximum atomic E-state index is 11.3. The maximum Gasteiger partial charge on any atom is 0.151 e. The first kappa shape index (κ1) is 13.2. The molecule has 0 amide bonds. The highest BCUT2D eigenvalue weighted by Gasteiger charge is 2.22. The molecule has 0 aliphatic carbocycles. The van der Waals surface area contributed by atoms with Crippen LogP contribution in [-0.4, -0.2) is 26.0 Å². The Bertz CT molecular complexity index is 454. The Labute approximate surface area is 97.6 Å². The Balaban J connectivity index is 2.75. The van der Waals surface area contributed by atoms with Gasteiger partial charge in [-0.15, -0.1) is 0 Å². The second-order valence-corrected chi connectivity index (χ2v) is 6.79. The maximum absolute atomic E-state index is 11.3. The van der Waals surface area contributed by atoms with E-state index in [-0.39, 0.29) is 6.04 Å². The van der Waals surface area contributed by atoms with Gasteiger partial charge in [-0.3, -0.25) is 0 Å². The zero-order chi connectivity index (χ0) is 12.3. The molecular weight excluding hydrogens is 222 g/mol. The molecule has 0 aliphatic rings. The monoisotopic (exact) mass is 241 g/mol. The summed E-state index contributed by atoms with van der Waals surface area (Å²) in [6, 6.07) is 7.63. The third kappa shape index (κ3) is 3.61. The number of sulfone groups is 1. The summed E-state index contributed by atoms with van der Waals surface area (Å²) >= 11 is 0. The van der Waals surface area contributed by atoms with Crippen LogP contribution >= 0.6 is 0 Å². The van der Waals surface area contributed by atoms with Gasteiger partial charge in [-0.05, 0) is 25.8 Å². The lowest BCUT2D eigenvalue weighted by atomic mass is 10.0. The molecule has 3 nitrogen and oxygen atoms in total. The van der Waals surface area contributed by atoms with Crippen molar-refractivity contribution in [2.24, 2.45) is 5.73 Å². The Morgan fingerprint density at radius 2 is 2.00 bits per heavy atom. The van der Waals surface area contributed by atoms with Crippen LogP contribution < -0.4 is 5.73 Å². The van der Waals surface area contributed by atoms with E-state index >= 15 is 0 Å². The average molecular weight is 241 g/mol. The predicted molar refractivity (Wildman–Crippen MR) is 67.2 cm³/mol. The third-order valence-corrected chi connectivity index (χ3v) is 4.53. The molecule has 0 aliphatic heterocycles. The smallest absolute Gasteiger partial charge is 0.151 e. The third-order valence-electron chi connectivity index (χ3n) is 2.83. The number of nitrogens with two attached hydrogens (primary N) is 1. The molecule has 2 atom stereocenters. The van der Waals surface area contributed by atoms with Gasteiger partial charge in [0.25, 0.3) is 0 Å². The summed E-state index contributed by atoms with van der Waals surface area (Å²) < 4.78 is 22.7. The summed E-state index contributed by atoms with van der Waals surface area (Å²) in [6.07, 6.45) is 1.82. The normalized spacial score (nSPS) is 15.8. The molecule has 0 saturated carbocycles. The van der Waals surface area contributed by atoms with Gasteiger partial charge < -0.3 is 5.73 Å². The van der Waals surface area contributed by atoms with Gasteiger partial charge >= 0.3 is 0 Å². The van der Waals surface area contributed by atoms with Crippen molar-refractivity contribution in [3.05, 3.63) is 35.4 Å². The lowest BCUT2D eigenvalue weighted by Crippen LogP contribution is -2.39. The standard InChI is InChI=1S/C12H19NO2S/c1-9-5-4-6-11(7-9)8-12(13)10(2)16(3,14)15/h4-7,10,12H,8,13H2,1-3H3. The number of benzene rings is 1. The molecule has 1 aromatic rings. The van der Waals surface area contributed by atoms with Crippen LogP contribution in [0.4, 0.5) is 0 Å². The summed E-state index contributed by atoms with van der Waals surface area (Å²) in [4.78, 5) is 0.